The molecule has 1 unspecified atom stereocenters. The second-order valence-electron chi connectivity index (χ2n) is 6.55. The Labute approximate surface area is 145 Å². The predicted octanol–water partition coefficient (Wildman–Crippen LogP) is 3.15. The number of hydrogen-bond acceptors (Lipinski definition) is 4. The molecular formula is C20H30N4. The van der Waals surface area contributed by atoms with Gasteiger partial charge in [-0.2, -0.15) is 0 Å². The van der Waals surface area contributed by atoms with E-state index in [9.17, 15) is 0 Å². The molecule has 0 amide bonds. The molecule has 0 aromatic heterocycles. The first-order valence-electron chi connectivity index (χ1n) is 8.74. The molecule has 4 nitrogen and oxygen atoms in total. The lowest BCUT2D eigenvalue weighted by Crippen LogP contribution is -2.22. The average Bonchev–Trinajstić information content (AvgIpc) is 2.55. The summed E-state index contributed by atoms with van der Waals surface area (Å²) >= 11 is 0. The Morgan fingerprint density at radius 2 is 1.46 bits per heavy atom. The van der Waals surface area contributed by atoms with Crippen LogP contribution in [0.1, 0.15) is 30.9 Å². The molecule has 0 spiro atoms. The van der Waals surface area contributed by atoms with E-state index in [0.717, 1.165) is 37.6 Å². The number of hydrogen-bond donors (Lipinski definition) is 4. The van der Waals surface area contributed by atoms with Crippen LogP contribution in [0.15, 0.2) is 48.5 Å². The Kier molecular flexibility index (Phi) is 7.59. The third-order valence-corrected chi connectivity index (χ3v) is 4.10. The van der Waals surface area contributed by atoms with Crippen molar-refractivity contribution >= 4 is 11.4 Å². The van der Waals surface area contributed by atoms with Crippen molar-refractivity contribution in [1.82, 2.24) is 10.6 Å². The first-order valence-corrected chi connectivity index (χ1v) is 8.74. The van der Waals surface area contributed by atoms with E-state index in [2.05, 4.69) is 29.7 Å². The van der Waals surface area contributed by atoms with Gasteiger partial charge in [-0.1, -0.05) is 31.2 Å². The summed E-state index contributed by atoms with van der Waals surface area (Å²) in [5, 5.41) is 6.99. The summed E-state index contributed by atoms with van der Waals surface area (Å²) < 4.78 is 0. The number of nitrogens with two attached hydrogens (primary N) is 2. The van der Waals surface area contributed by atoms with E-state index in [4.69, 9.17) is 11.5 Å². The fraction of sp³-hybridized carbons (Fsp3) is 0.400. The van der Waals surface area contributed by atoms with Crippen molar-refractivity contribution in [3.8, 4) is 0 Å². The summed E-state index contributed by atoms with van der Waals surface area (Å²) in [6.07, 6.45) is 2.40. The summed E-state index contributed by atoms with van der Waals surface area (Å²) in [6.45, 7) is 6.12. The van der Waals surface area contributed by atoms with Crippen LogP contribution in [0.4, 0.5) is 11.4 Å². The van der Waals surface area contributed by atoms with Crippen LogP contribution in [0.2, 0.25) is 0 Å². The van der Waals surface area contributed by atoms with Gasteiger partial charge in [-0.25, -0.2) is 0 Å². The zero-order chi connectivity index (χ0) is 17.2. The monoisotopic (exact) mass is 326 g/mol. The van der Waals surface area contributed by atoms with Crippen LogP contribution >= 0.6 is 0 Å². The highest BCUT2D eigenvalue weighted by Crippen LogP contribution is 2.08. The normalized spacial score (nSPS) is 12.2. The van der Waals surface area contributed by atoms with E-state index in [1.165, 1.54) is 24.0 Å². The maximum Gasteiger partial charge on any atom is 0.0317 e. The van der Waals surface area contributed by atoms with Gasteiger partial charge in [0.15, 0.2) is 0 Å². The molecule has 24 heavy (non-hydrogen) atoms. The minimum atomic E-state index is 0.667. The minimum Gasteiger partial charge on any atom is -0.399 e. The zero-order valence-corrected chi connectivity index (χ0v) is 14.6. The minimum absolute atomic E-state index is 0.667. The Bertz CT molecular complexity index is 612. The smallest absolute Gasteiger partial charge is 0.0317 e. The van der Waals surface area contributed by atoms with E-state index in [1.807, 2.05) is 36.4 Å². The lowest BCUT2D eigenvalue weighted by Gasteiger charge is -2.13. The molecule has 0 saturated carbocycles. The van der Waals surface area contributed by atoms with Crippen molar-refractivity contribution in [1.29, 1.82) is 0 Å². The maximum absolute atomic E-state index is 5.79. The van der Waals surface area contributed by atoms with Crippen LogP contribution in [0, 0.1) is 5.92 Å². The molecule has 2 aromatic rings. The van der Waals surface area contributed by atoms with Crippen molar-refractivity contribution in [3.63, 3.8) is 0 Å². The van der Waals surface area contributed by atoms with Crippen LogP contribution in [-0.2, 0) is 13.1 Å². The van der Waals surface area contributed by atoms with Crippen LogP contribution in [0.25, 0.3) is 0 Å². The van der Waals surface area contributed by atoms with Crippen molar-refractivity contribution < 1.29 is 0 Å². The van der Waals surface area contributed by atoms with Crippen molar-refractivity contribution in [3.05, 3.63) is 59.7 Å². The molecule has 4 heteroatoms. The number of benzene rings is 2. The fourth-order valence-electron chi connectivity index (χ4n) is 2.78. The van der Waals surface area contributed by atoms with Gasteiger partial charge in [0.2, 0.25) is 0 Å². The molecule has 2 aromatic carbocycles. The Morgan fingerprint density at radius 1 is 0.875 bits per heavy atom. The third-order valence-electron chi connectivity index (χ3n) is 4.10. The van der Waals surface area contributed by atoms with E-state index < -0.39 is 0 Å². The van der Waals surface area contributed by atoms with Crippen LogP contribution in [0.3, 0.4) is 0 Å². The van der Waals surface area contributed by atoms with Gasteiger partial charge < -0.3 is 22.1 Å². The molecule has 1 atom stereocenters. The van der Waals surface area contributed by atoms with Crippen LogP contribution < -0.4 is 22.1 Å². The summed E-state index contributed by atoms with van der Waals surface area (Å²) in [5.74, 6) is 0.667. The lowest BCUT2D eigenvalue weighted by atomic mass is 10.1. The molecular weight excluding hydrogens is 296 g/mol. The standard InChI is InChI=1S/C20H30N4/c1-16(13-24-15-18-7-3-9-20(22)12-18)5-4-10-23-14-17-6-2-8-19(21)11-17/h2-3,6-9,11-12,16,23-24H,4-5,10,13-15,21-22H2,1H3. The first kappa shape index (κ1) is 18.3. The topological polar surface area (TPSA) is 76.1 Å². The number of nitrogen functional groups attached to an aromatic ring is 2. The molecule has 2 rings (SSSR count). The van der Waals surface area contributed by atoms with E-state index in [0.29, 0.717) is 5.92 Å². The summed E-state index contributed by atoms with van der Waals surface area (Å²) in [5.41, 5.74) is 15.7. The van der Waals surface area contributed by atoms with Crippen LogP contribution in [-0.4, -0.2) is 13.1 Å². The molecule has 0 fully saturated rings. The van der Waals surface area contributed by atoms with Gasteiger partial charge in [0.25, 0.3) is 0 Å². The van der Waals surface area contributed by atoms with Gasteiger partial charge in [0.05, 0.1) is 0 Å². The van der Waals surface area contributed by atoms with E-state index >= 15 is 0 Å². The largest absolute Gasteiger partial charge is 0.399 e. The second-order valence-corrected chi connectivity index (χ2v) is 6.55. The Balaban J connectivity index is 1.52. The predicted molar refractivity (Wildman–Crippen MR) is 104 cm³/mol. The molecule has 0 aliphatic carbocycles. The number of rotatable bonds is 10. The lowest BCUT2D eigenvalue weighted by molar-refractivity contribution is 0.457. The molecule has 0 aliphatic rings. The molecule has 6 N–H and O–H groups in total. The average molecular weight is 326 g/mol. The highest BCUT2D eigenvalue weighted by molar-refractivity contribution is 5.41. The van der Waals surface area contributed by atoms with Gasteiger partial charge in [-0.3, -0.25) is 0 Å². The highest BCUT2D eigenvalue weighted by atomic mass is 14.9. The SMILES string of the molecule is CC(CCCNCc1cccc(N)c1)CNCc1cccc(N)c1. The number of nitrogens with one attached hydrogen (secondary N) is 2. The summed E-state index contributed by atoms with van der Waals surface area (Å²) in [6, 6.07) is 16.1. The summed E-state index contributed by atoms with van der Waals surface area (Å²) in [7, 11) is 0. The molecule has 0 saturated heterocycles. The Morgan fingerprint density at radius 3 is 2.04 bits per heavy atom. The van der Waals surface area contributed by atoms with Gasteiger partial charge >= 0.3 is 0 Å². The molecule has 0 radical (unpaired) electrons. The van der Waals surface area contributed by atoms with Gasteiger partial charge in [-0.05, 0) is 67.2 Å². The quantitative estimate of drug-likeness (QED) is 0.400. The van der Waals surface area contributed by atoms with Crippen molar-refractivity contribution in [2.45, 2.75) is 32.9 Å². The van der Waals surface area contributed by atoms with Gasteiger partial charge in [-0.15, -0.1) is 0 Å². The molecule has 0 heterocycles. The Hall–Kier alpha value is -2.04. The fourth-order valence-corrected chi connectivity index (χ4v) is 2.78. The first-order chi connectivity index (χ1) is 11.6. The second kappa shape index (κ2) is 9.96. The molecule has 0 bridgehead atoms. The summed E-state index contributed by atoms with van der Waals surface area (Å²) in [4.78, 5) is 0. The van der Waals surface area contributed by atoms with Crippen LogP contribution in [0.5, 0.6) is 0 Å². The van der Waals surface area contributed by atoms with E-state index in [-0.39, 0.29) is 0 Å². The highest BCUT2D eigenvalue weighted by Gasteiger charge is 2.02. The zero-order valence-electron chi connectivity index (χ0n) is 14.6. The van der Waals surface area contributed by atoms with Crippen molar-refractivity contribution in [2.75, 3.05) is 24.6 Å². The molecule has 0 aliphatic heterocycles. The van der Waals surface area contributed by atoms with E-state index in [1.54, 1.807) is 0 Å². The molecule has 130 valence electrons. The van der Waals surface area contributed by atoms with Gasteiger partial charge in [0, 0.05) is 24.5 Å². The number of anilines is 2. The van der Waals surface area contributed by atoms with Crippen molar-refractivity contribution in [2.24, 2.45) is 5.92 Å². The van der Waals surface area contributed by atoms with Gasteiger partial charge in [0.1, 0.15) is 0 Å². The third kappa shape index (κ3) is 7.02. The maximum atomic E-state index is 5.79.